The quantitative estimate of drug-likeness (QED) is 0.0276. The van der Waals surface area contributed by atoms with Gasteiger partial charge in [-0.25, -0.2) is 0 Å². The second-order valence-electron chi connectivity index (χ2n) is 16.4. The van der Waals surface area contributed by atoms with Crippen molar-refractivity contribution in [3.8, 4) is 0 Å². The van der Waals surface area contributed by atoms with E-state index in [9.17, 15) is 35.4 Å². The molecule has 0 aromatic rings. The lowest BCUT2D eigenvalue weighted by atomic mass is 9.91. The van der Waals surface area contributed by atoms with Crippen LogP contribution in [0.2, 0.25) is 0 Å². The van der Waals surface area contributed by atoms with Crippen molar-refractivity contribution in [3.63, 3.8) is 0 Å². The van der Waals surface area contributed by atoms with E-state index in [1.54, 1.807) is 6.08 Å². The summed E-state index contributed by atoms with van der Waals surface area (Å²) in [4.78, 5) is 13.4. The topological polar surface area (TPSA) is 157 Å². The third-order valence-electron chi connectivity index (χ3n) is 11.6. The summed E-state index contributed by atoms with van der Waals surface area (Å²) in [7, 11) is 0. The van der Waals surface area contributed by atoms with E-state index in [1.807, 2.05) is 6.08 Å². The number of carbonyl (C=O) groups is 1. The van der Waals surface area contributed by atoms with Crippen molar-refractivity contribution in [2.75, 3.05) is 13.2 Å². The van der Waals surface area contributed by atoms with Gasteiger partial charge < -0.3 is 40.1 Å². The fourth-order valence-electron chi connectivity index (χ4n) is 7.16. The van der Waals surface area contributed by atoms with Gasteiger partial charge in [0, 0.05) is 0 Å². The summed E-state index contributed by atoms with van der Waals surface area (Å²) in [5.74, 6) is 0.00335. The third-order valence-corrected chi connectivity index (χ3v) is 11.6. The standard InChI is InChI=1S/C44H84O9/c1-5-34(3)28-24-20-16-12-10-8-7-9-11-13-19-23-27-31-38(47)40(48)36(33-52-44-43(51)42(50)41(49)39(32-45)53-44)37(46)30-26-22-18-15-14-17-21-25-29-35(4)6-2/h26,30,34-39,41-47,49-51H,5-25,27-29,31-33H2,1-4H3/b30-26+/t34?,35?,36-,37+,38+,39+,41-,42-,43+,44+/m0/s1. The Hall–Kier alpha value is -0.910. The molecule has 1 heterocycles. The summed E-state index contributed by atoms with van der Waals surface area (Å²) in [6.07, 6.45) is 22.6. The van der Waals surface area contributed by atoms with Crippen molar-refractivity contribution < 1.29 is 44.9 Å². The minimum absolute atomic E-state index is 0.292. The van der Waals surface area contributed by atoms with E-state index in [4.69, 9.17) is 9.47 Å². The highest BCUT2D eigenvalue weighted by Gasteiger charge is 2.44. The summed E-state index contributed by atoms with van der Waals surface area (Å²) in [6.45, 7) is 8.20. The van der Waals surface area contributed by atoms with E-state index in [0.717, 1.165) is 50.4 Å². The normalized spacial score (nSPS) is 23.6. The lowest BCUT2D eigenvalue weighted by Crippen LogP contribution is -2.59. The molecule has 1 saturated heterocycles. The SMILES string of the molecule is CCC(C)CCCCCCCC/C=C/[C@@H](O)[C@H](CO[C@@H]1O[C@H](CO)[C@H](O)[C@H](O)[C@H]1O)C(=O)[C@H](O)CCCCCCCCCCCCCCCC(C)CC. The Labute approximate surface area is 324 Å². The molecule has 9 nitrogen and oxygen atoms in total. The Balaban J connectivity index is 2.46. The summed E-state index contributed by atoms with van der Waals surface area (Å²) < 4.78 is 11.1. The van der Waals surface area contributed by atoms with Crippen molar-refractivity contribution in [1.82, 2.24) is 0 Å². The summed E-state index contributed by atoms with van der Waals surface area (Å²) in [5.41, 5.74) is 0. The van der Waals surface area contributed by atoms with Crippen LogP contribution < -0.4 is 0 Å². The number of ketones is 1. The van der Waals surface area contributed by atoms with Crippen LogP contribution in [0.15, 0.2) is 12.2 Å². The zero-order chi connectivity index (χ0) is 39.3. The van der Waals surface area contributed by atoms with Crippen LogP contribution in [0, 0.1) is 17.8 Å². The number of Topliss-reactive ketones (excluding diaryl/α,β-unsaturated/α-hetero) is 1. The maximum Gasteiger partial charge on any atom is 0.186 e. The molecule has 10 atom stereocenters. The van der Waals surface area contributed by atoms with Gasteiger partial charge >= 0.3 is 0 Å². The number of aliphatic hydroxyl groups is 6. The first-order valence-corrected chi connectivity index (χ1v) is 22.1. The molecule has 2 unspecified atom stereocenters. The molecule has 0 bridgehead atoms. The number of hydrogen-bond acceptors (Lipinski definition) is 9. The summed E-state index contributed by atoms with van der Waals surface area (Å²) in [5, 5.41) is 62.1. The second-order valence-corrected chi connectivity index (χ2v) is 16.4. The van der Waals surface area contributed by atoms with Gasteiger partial charge in [0.2, 0.25) is 0 Å². The molecule has 0 spiro atoms. The van der Waals surface area contributed by atoms with Crippen molar-refractivity contribution in [3.05, 3.63) is 12.2 Å². The average Bonchev–Trinajstić information content (AvgIpc) is 3.16. The molecule has 6 N–H and O–H groups in total. The predicted octanol–water partition coefficient (Wildman–Crippen LogP) is 8.33. The van der Waals surface area contributed by atoms with Crippen LogP contribution in [-0.4, -0.2) is 92.5 Å². The molecule has 1 aliphatic rings. The Bertz CT molecular complexity index is 883. The smallest absolute Gasteiger partial charge is 0.186 e. The highest BCUT2D eigenvalue weighted by atomic mass is 16.7. The molecule has 0 radical (unpaired) electrons. The van der Waals surface area contributed by atoms with Gasteiger partial charge in [-0.15, -0.1) is 0 Å². The van der Waals surface area contributed by atoms with Gasteiger partial charge in [-0.3, -0.25) is 4.79 Å². The van der Waals surface area contributed by atoms with Gasteiger partial charge in [0.15, 0.2) is 12.1 Å². The molecular formula is C44H84O9. The molecule has 1 fully saturated rings. The van der Waals surface area contributed by atoms with Crippen LogP contribution in [0.5, 0.6) is 0 Å². The van der Waals surface area contributed by atoms with Gasteiger partial charge in [0.1, 0.15) is 30.5 Å². The molecule has 0 saturated carbocycles. The Morgan fingerprint density at radius 3 is 1.53 bits per heavy atom. The molecule has 0 aromatic heterocycles. The molecule has 53 heavy (non-hydrogen) atoms. The van der Waals surface area contributed by atoms with Gasteiger partial charge in [-0.2, -0.15) is 0 Å². The number of hydrogen-bond donors (Lipinski definition) is 6. The molecular weight excluding hydrogens is 672 g/mol. The molecule has 9 heteroatoms. The lowest BCUT2D eigenvalue weighted by Gasteiger charge is -2.40. The minimum Gasteiger partial charge on any atom is -0.394 e. The van der Waals surface area contributed by atoms with E-state index in [2.05, 4.69) is 27.7 Å². The van der Waals surface area contributed by atoms with E-state index < -0.39 is 61.2 Å². The molecule has 0 aliphatic carbocycles. The Morgan fingerprint density at radius 1 is 0.642 bits per heavy atom. The van der Waals surface area contributed by atoms with Crippen molar-refractivity contribution in [1.29, 1.82) is 0 Å². The number of rotatable bonds is 35. The number of allylic oxidation sites excluding steroid dienone is 1. The zero-order valence-corrected chi connectivity index (χ0v) is 34.4. The highest BCUT2D eigenvalue weighted by molar-refractivity contribution is 5.86. The number of unbranched alkanes of at least 4 members (excludes halogenated alkanes) is 18. The lowest BCUT2D eigenvalue weighted by molar-refractivity contribution is -0.303. The summed E-state index contributed by atoms with van der Waals surface area (Å²) >= 11 is 0. The van der Waals surface area contributed by atoms with Gasteiger partial charge in [0.25, 0.3) is 0 Å². The monoisotopic (exact) mass is 757 g/mol. The van der Waals surface area contributed by atoms with Crippen molar-refractivity contribution in [2.45, 2.75) is 231 Å². The number of carbonyl (C=O) groups excluding carboxylic acids is 1. The van der Waals surface area contributed by atoms with Crippen LogP contribution in [-0.2, 0) is 14.3 Å². The molecule has 0 amide bonds. The number of aliphatic hydroxyl groups excluding tert-OH is 6. The molecule has 1 aliphatic heterocycles. The molecule has 1 rings (SSSR count). The Kier molecular flexibility index (Phi) is 30.4. The third kappa shape index (κ3) is 23.0. The van der Waals surface area contributed by atoms with Crippen LogP contribution >= 0.6 is 0 Å². The Morgan fingerprint density at radius 2 is 1.08 bits per heavy atom. The summed E-state index contributed by atoms with van der Waals surface area (Å²) in [6, 6.07) is 0. The zero-order valence-electron chi connectivity index (χ0n) is 34.4. The fraction of sp³-hybridized carbons (Fsp3) is 0.932. The van der Waals surface area contributed by atoms with Crippen molar-refractivity contribution >= 4 is 5.78 Å². The second kappa shape index (κ2) is 32.2. The largest absolute Gasteiger partial charge is 0.394 e. The van der Waals surface area contributed by atoms with Gasteiger partial charge in [-0.1, -0.05) is 181 Å². The molecule has 0 aromatic carbocycles. The highest BCUT2D eigenvalue weighted by Crippen LogP contribution is 2.24. The van der Waals surface area contributed by atoms with E-state index >= 15 is 0 Å². The van der Waals surface area contributed by atoms with E-state index in [-0.39, 0.29) is 6.61 Å². The van der Waals surface area contributed by atoms with Crippen LogP contribution in [0.4, 0.5) is 0 Å². The maximum atomic E-state index is 13.4. The van der Waals surface area contributed by atoms with Crippen LogP contribution in [0.1, 0.15) is 188 Å². The number of ether oxygens (including phenoxy) is 2. The predicted molar refractivity (Wildman–Crippen MR) is 214 cm³/mol. The van der Waals surface area contributed by atoms with Crippen LogP contribution in [0.3, 0.4) is 0 Å². The average molecular weight is 757 g/mol. The van der Waals surface area contributed by atoms with E-state index in [1.165, 1.54) is 109 Å². The minimum atomic E-state index is -1.62. The first-order valence-electron chi connectivity index (χ1n) is 22.1. The fourth-order valence-corrected chi connectivity index (χ4v) is 7.16. The van der Waals surface area contributed by atoms with Gasteiger partial charge in [0.05, 0.1) is 25.2 Å². The first-order chi connectivity index (χ1) is 25.6. The van der Waals surface area contributed by atoms with E-state index in [0.29, 0.717) is 12.8 Å². The first kappa shape index (κ1) is 50.1. The maximum absolute atomic E-state index is 13.4. The van der Waals surface area contributed by atoms with Crippen LogP contribution in [0.25, 0.3) is 0 Å². The van der Waals surface area contributed by atoms with Gasteiger partial charge in [-0.05, 0) is 31.1 Å². The molecule has 314 valence electrons. The van der Waals surface area contributed by atoms with Crippen molar-refractivity contribution in [2.24, 2.45) is 17.8 Å².